The van der Waals surface area contributed by atoms with Gasteiger partial charge in [0.25, 0.3) is 0 Å². The average Bonchev–Trinajstić information content (AvgIpc) is 3.30. The molecule has 2 aromatic heterocycles. The number of aromatic nitrogens is 1. The Labute approximate surface area is 199 Å². The first-order valence-corrected chi connectivity index (χ1v) is 11.9. The lowest BCUT2D eigenvalue weighted by Gasteiger charge is -2.15. The second kappa shape index (κ2) is 9.14. The van der Waals surface area contributed by atoms with Gasteiger partial charge in [0.1, 0.15) is 16.8 Å². The number of alkyl halides is 3. The number of ether oxygens (including phenoxy) is 1. The van der Waals surface area contributed by atoms with Gasteiger partial charge in [-0.15, -0.1) is 23.1 Å². The molecule has 0 unspecified atom stereocenters. The molecule has 0 radical (unpaired) electrons. The Morgan fingerprint density at radius 2 is 2.00 bits per heavy atom. The van der Waals surface area contributed by atoms with Gasteiger partial charge in [0.2, 0.25) is 0 Å². The monoisotopic (exact) mass is 534 g/mol. The molecule has 2 heterocycles. The number of rotatable bonds is 5. The summed E-state index contributed by atoms with van der Waals surface area (Å²) in [6, 6.07) is 15.7. The number of nitriles is 1. The number of thioether (sulfide) groups is 1. The van der Waals surface area contributed by atoms with Gasteiger partial charge in [-0.2, -0.15) is 18.4 Å². The molecule has 0 aliphatic rings. The average molecular weight is 535 g/mol. The zero-order chi connectivity index (χ0) is 22.9. The highest BCUT2D eigenvalue weighted by Crippen LogP contribution is 2.41. The Kier molecular flexibility index (Phi) is 6.47. The van der Waals surface area contributed by atoms with E-state index in [0.29, 0.717) is 10.6 Å². The van der Waals surface area contributed by atoms with Gasteiger partial charge in [0.15, 0.2) is 0 Å². The molecular weight excluding hydrogens is 521 g/mol. The van der Waals surface area contributed by atoms with Crippen molar-refractivity contribution in [3.8, 4) is 22.4 Å². The molecule has 2 aromatic carbocycles. The summed E-state index contributed by atoms with van der Waals surface area (Å²) < 4.78 is 47.7. The number of thiophene rings is 1. The Bertz CT molecular complexity index is 1330. The van der Waals surface area contributed by atoms with Gasteiger partial charge in [0, 0.05) is 15.8 Å². The predicted octanol–water partition coefficient (Wildman–Crippen LogP) is 7.92. The van der Waals surface area contributed by atoms with E-state index in [0.717, 1.165) is 38.6 Å². The third-order valence-corrected chi connectivity index (χ3v) is 7.19. The van der Waals surface area contributed by atoms with Gasteiger partial charge in [-0.3, -0.25) is 0 Å². The standard InChI is InChI=1S/C23H14BrF3N2OS2/c1-30-20-7-4-13-9-14(24)5-6-15(13)17(20)12-32-22-16(11-28)18(23(25,26)27)10-19(29-22)21-3-2-8-31-21/h2-10H,12H2,1H3. The van der Waals surface area contributed by atoms with Gasteiger partial charge in [-0.25, -0.2) is 4.98 Å². The minimum Gasteiger partial charge on any atom is -0.496 e. The maximum atomic E-state index is 13.8. The molecule has 3 nitrogen and oxygen atoms in total. The molecule has 0 saturated carbocycles. The van der Waals surface area contributed by atoms with Crippen molar-refractivity contribution in [1.82, 2.24) is 4.98 Å². The fourth-order valence-corrected chi connectivity index (χ4v) is 5.44. The molecule has 9 heteroatoms. The number of hydrogen-bond acceptors (Lipinski definition) is 5. The summed E-state index contributed by atoms with van der Waals surface area (Å²) in [6.07, 6.45) is -4.67. The summed E-state index contributed by atoms with van der Waals surface area (Å²) in [7, 11) is 1.55. The largest absolute Gasteiger partial charge is 0.496 e. The van der Waals surface area contributed by atoms with Gasteiger partial charge < -0.3 is 4.74 Å². The molecule has 32 heavy (non-hydrogen) atoms. The normalized spacial score (nSPS) is 11.5. The number of nitrogens with zero attached hydrogens (tertiary/aromatic N) is 2. The highest BCUT2D eigenvalue weighted by atomic mass is 79.9. The Hall–Kier alpha value is -2.54. The summed E-state index contributed by atoms with van der Waals surface area (Å²) >= 11 is 5.84. The predicted molar refractivity (Wildman–Crippen MR) is 125 cm³/mol. The number of benzene rings is 2. The van der Waals surface area contributed by atoms with Crippen LogP contribution in [-0.2, 0) is 11.9 Å². The first-order chi connectivity index (χ1) is 15.3. The molecule has 0 amide bonds. The second-order valence-electron chi connectivity index (χ2n) is 6.72. The maximum absolute atomic E-state index is 13.8. The zero-order valence-corrected chi connectivity index (χ0v) is 19.8. The van der Waals surface area contributed by atoms with Crippen LogP contribution in [0.2, 0.25) is 0 Å². The van der Waals surface area contributed by atoms with Gasteiger partial charge in [-0.1, -0.05) is 34.1 Å². The smallest absolute Gasteiger partial charge is 0.417 e. The van der Waals surface area contributed by atoms with Crippen LogP contribution in [0.5, 0.6) is 5.75 Å². The van der Waals surface area contributed by atoms with E-state index in [-0.39, 0.29) is 16.5 Å². The summed E-state index contributed by atoms with van der Waals surface area (Å²) in [6.45, 7) is 0. The molecule has 0 saturated heterocycles. The van der Waals surface area contributed by atoms with Crippen LogP contribution in [0.4, 0.5) is 13.2 Å². The molecule has 0 N–H and O–H groups in total. The van der Waals surface area contributed by atoms with Crippen molar-refractivity contribution in [1.29, 1.82) is 5.26 Å². The molecule has 4 rings (SSSR count). The number of pyridine rings is 1. The molecule has 0 aliphatic carbocycles. The highest BCUT2D eigenvalue weighted by molar-refractivity contribution is 9.10. The summed E-state index contributed by atoms with van der Waals surface area (Å²) in [5, 5.41) is 13.3. The van der Waals surface area contributed by atoms with E-state index < -0.39 is 17.3 Å². The van der Waals surface area contributed by atoms with Crippen molar-refractivity contribution in [3.05, 3.63) is 75.1 Å². The lowest BCUT2D eigenvalue weighted by Crippen LogP contribution is -2.10. The van der Waals surface area contributed by atoms with Crippen molar-refractivity contribution in [2.45, 2.75) is 17.0 Å². The van der Waals surface area contributed by atoms with Crippen LogP contribution < -0.4 is 4.74 Å². The number of hydrogen-bond donors (Lipinski definition) is 0. The molecular formula is C23H14BrF3N2OS2. The van der Waals surface area contributed by atoms with Gasteiger partial charge >= 0.3 is 6.18 Å². The molecule has 0 bridgehead atoms. The fraction of sp³-hybridized carbons (Fsp3) is 0.130. The van der Waals surface area contributed by atoms with Gasteiger partial charge in [-0.05, 0) is 46.5 Å². The lowest BCUT2D eigenvalue weighted by molar-refractivity contribution is -0.138. The molecule has 0 atom stereocenters. The zero-order valence-electron chi connectivity index (χ0n) is 16.5. The minimum absolute atomic E-state index is 0.0434. The van der Waals surface area contributed by atoms with Crippen molar-refractivity contribution in [3.63, 3.8) is 0 Å². The van der Waals surface area contributed by atoms with Crippen LogP contribution >= 0.6 is 39.0 Å². The third-order valence-electron chi connectivity index (χ3n) is 4.80. The Morgan fingerprint density at radius 3 is 2.66 bits per heavy atom. The van der Waals surface area contributed by atoms with Crippen molar-refractivity contribution < 1.29 is 17.9 Å². The summed E-state index contributed by atoms with van der Waals surface area (Å²) in [5.74, 6) is 0.908. The van der Waals surface area contributed by atoms with E-state index in [9.17, 15) is 18.4 Å². The van der Waals surface area contributed by atoms with E-state index in [4.69, 9.17) is 4.74 Å². The summed E-state index contributed by atoms with van der Waals surface area (Å²) in [4.78, 5) is 5.03. The third kappa shape index (κ3) is 4.49. The second-order valence-corrected chi connectivity index (χ2v) is 9.55. The van der Waals surface area contributed by atoms with E-state index in [1.807, 2.05) is 30.3 Å². The molecule has 4 aromatic rings. The molecule has 0 fully saturated rings. The van der Waals surface area contributed by atoms with Crippen LogP contribution in [0.1, 0.15) is 16.7 Å². The molecule has 0 spiro atoms. The van der Waals surface area contributed by atoms with Crippen LogP contribution in [0, 0.1) is 11.3 Å². The maximum Gasteiger partial charge on any atom is 0.417 e. The highest BCUT2D eigenvalue weighted by Gasteiger charge is 2.36. The van der Waals surface area contributed by atoms with E-state index in [1.165, 1.54) is 11.3 Å². The SMILES string of the molecule is COc1ccc2cc(Br)ccc2c1CSc1nc(-c2cccs2)cc(C(F)(F)F)c1C#N. The fourth-order valence-electron chi connectivity index (χ4n) is 3.33. The minimum atomic E-state index is -4.67. The number of methoxy groups -OCH3 is 1. The topological polar surface area (TPSA) is 45.9 Å². The van der Waals surface area contributed by atoms with E-state index in [1.54, 1.807) is 30.7 Å². The Morgan fingerprint density at radius 1 is 1.19 bits per heavy atom. The van der Waals surface area contributed by atoms with Crippen LogP contribution in [0.3, 0.4) is 0 Å². The number of fused-ring (bicyclic) bond motifs is 1. The number of halogens is 4. The van der Waals surface area contributed by atoms with Gasteiger partial charge in [0.05, 0.1) is 28.8 Å². The quantitative estimate of drug-likeness (QED) is 0.244. The van der Waals surface area contributed by atoms with Crippen molar-refractivity contribution in [2.24, 2.45) is 0 Å². The van der Waals surface area contributed by atoms with Crippen LogP contribution in [0.25, 0.3) is 21.3 Å². The van der Waals surface area contributed by atoms with Crippen molar-refractivity contribution in [2.75, 3.05) is 7.11 Å². The van der Waals surface area contributed by atoms with E-state index in [2.05, 4.69) is 20.9 Å². The Balaban J connectivity index is 1.82. The first-order valence-electron chi connectivity index (χ1n) is 9.26. The van der Waals surface area contributed by atoms with Crippen LogP contribution in [0.15, 0.2) is 63.4 Å². The van der Waals surface area contributed by atoms with E-state index >= 15 is 0 Å². The van der Waals surface area contributed by atoms with Crippen molar-refractivity contribution >= 4 is 49.8 Å². The van der Waals surface area contributed by atoms with Crippen LogP contribution in [-0.4, -0.2) is 12.1 Å². The molecule has 162 valence electrons. The summed E-state index contributed by atoms with van der Waals surface area (Å²) in [5.41, 5.74) is -0.426. The lowest BCUT2D eigenvalue weighted by atomic mass is 10.0. The first kappa shape index (κ1) is 22.6. The molecule has 0 aliphatic heterocycles.